The molecule has 0 spiro atoms. The van der Waals surface area contributed by atoms with Gasteiger partial charge in [-0.1, -0.05) is 0 Å². The molecular weight excluding hydrogens is 225 g/mol. The maximum absolute atomic E-state index is 12.3. The summed E-state index contributed by atoms with van der Waals surface area (Å²) in [5.74, 6) is -0.676. The quantitative estimate of drug-likeness (QED) is 0.762. The number of ether oxygens (including phenoxy) is 1. The Hall–Kier alpha value is -0.820. The number of nitrogens with two attached hydrogens (primary N) is 1. The summed E-state index contributed by atoms with van der Waals surface area (Å²) in [6, 6.07) is -0.307. The molecule has 0 aromatic rings. The molecule has 1 aliphatic carbocycles. The normalized spacial score (nSPS) is 18.3. The van der Waals surface area contributed by atoms with Crippen molar-refractivity contribution < 1.29 is 22.7 Å². The number of carbonyl (C=O) groups is 1. The predicted molar refractivity (Wildman–Crippen MR) is 50.6 cm³/mol. The molecule has 1 amide bonds. The van der Waals surface area contributed by atoms with Crippen LogP contribution in [-0.4, -0.2) is 49.3 Å². The van der Waals surface area contributed by atoms with E-state index in [0.29, 0.717) is 12.8 Å². The Labute approximate surface area is 91.5 Å². The number of halogens is 3. The Balaban J connectivity index is 2.66. The molecule has 1 atom stereocenters. The lowest BCUT2D eigenvalue weighted by Crippen LogP contribution is -2.48. The molecule has 2 N–H and O–H groups in total. The van der Waals surface area contributed by atoms with Crippen LogP contribution in [0.15, 0.2) is 0 Å². The summed E-state index contributed by atoms with van der Waals surface area (Å²) in [4.78, 5) is 12.5. The fourth-order valence-electron chi connectivity index (χ4n) is 1.45. The average Bonchev–Trinajstić information content (AvgIpc) is 2.97. The first-order chi connectivity index (χ1) is 7.39. The van der Waals surface area contributed by atoms with Crippen LogP contribution in [0, 0.1) is 0 Å². The highest BCUT2D eigenvalue weighted by molar-refractivity contribution is 5.81. The molecule has 7 heteroatoms. The van der Waals surface area contributed by atoms with Crippen LogP contribution in [0.5, 0.6) is 0 Å². The first-order valence-electron chi connectivity index (χ1n) is 4.99. The zero-order valence-corrected chi connectivity index (χ0v) is 8.96. The number of rotatable bonds is 5. The van der Waals surface area contributed by atoms with Crippen molar-refractivity contribution in [1.82, 2.24) is 4.90 Å². The fourth-order valence-corrected chi connectivity index (χ4v) is 1.45. The predicted octanol–water partition coefficient (Wildman–Crippen LogP) is 0.513. The summed E-state index contributed by atoms with van der Waals surface area (Å²) in [5, 5.41) is 0. The van der Waals surface area contributed by atoms with E-state index in [-0.39, 0.29) is 12.6 Å². The van der Waals surface area contributed by atoms with Crippen molar-refractivity contribution >= 4 is 5.91 Å². The van der Waals surface area contributed by atoms with E-state index in [4.69, 9.17) is 10.5 Å². The molecule has 1 saturated carbocycles. The average molecular weight is 240 g/mol. The van der Waals surface area contributed by atoms with Crippen LogP contribution in [0.25, 0.3) is 0 Å². The van der Waals surface area contributed by atoms with Gasteiger partial charge >= 0.3 is 6.18 Å². The van der Waals surface area contributed by atoms with E-state index in [1.807, 2.05) is 0 Å². The van der Waals surface area contributed by atoms with Crippen molar-refractivity contribution in [2.45, 2.75) is 31.2 Å². The first-order valence-corrected chi connectivity index (χ1v) is 4.99. The number of alkyl halides is 3. The Bertz CT molecular complexity index is 250. The molecule has 1 rings (SSSR count). The summed E-state index contributed by atoms with van der Waals surface area (Å²) in [5.41, 5.74) is 5.25. The number of hydrogen-bond acceptors (Lipinski definition) is 3. The number of methoxy groups -OCH3 is 1. The molecule has 0 aromatic carbocycles. The van der Waals surface area contributed by atoms with Gasteiger partial charge in [-0.15, -0.1) is 0 Å². The van der Waals surface area contributed by atoms with Gasteiger partial charge in [0.15, 0.2) is 0 Å². The smallest absolute Gasteiger partial charge is 0.370 e. The standard InChI is InChI=1S/C9H15F3N2O2/c1-16-7(4-13)8(15)14(6-2-3-6)5-9(10,11)12/h6-7H,2-5,13H2,1H3. The monoisotopic (exact) mass is 240 g/mol. The Morgan fingerprint density at radius 2 is 2.12 bits per heavy atom. The lowest BCUT2D eigenvalue weighted by Gasteiger charge is -2.26. The molecule has 0 radical (unpaired) electrons. The fraction of sp³-hybridized carbons (Fsp3) is 0.889. The molecule has 0 heterocycles. The largest absolute Gasteiger partial charge is 0.406 e. The SMILES string of the molecule is COC(CN)C(=O)N(CC(F)(F)F)C1CC1. The van der Waals surface area contributed by atoms with Crippen LogP contribution in [0.2, 0.25) is 0 Å². The third kappa shape index (κ3) is 3.64. The van der Waals surface area contributed by atoms with Crippen molar-refractivity contribution in [3.63, 3.8) is 0 Å². The minimum atomic E-state index is -4.38. The summed E-state index contributed by atoms with van der Waals surface area (Å²) in [6.07, 6.45) is -4.14. The summed E-state index contributed by atoms with van der Waals surface area (Å²) in [7, 11) is 1.26. The van der Waals surface area contributed by atoms with E-state index in [9.17, 15) is 18.0 Å². The van der Waals surface area contributed by atoms with E-state index < -0.39 is 24.7 Å². The van der Waals surface area contributed by atoms with Gasteiger partial charge in [-0.2, -0.15) is 13.2 Å². The van der Waals surface area contributed by atoms with Crippen LogP contribution >= 0.6 is 0 Å². The van der Waals surface area contributed by atoms with Gasteiger partial charge in [-0.3, -0.25) is 4.79 Å². The molecule has 4 nitrogen and oxygen atoms in total. The second-order valence-corrected chi connectivity index (χ2v) is 3.77. The van der Waals surface area contributed by atoms with Gasteiger partial charge in [-0.05, 0) is 12.8 Å². The van der Waals surface area contributed by atoms with Crippen LogP contribution < -0.4 is 5.73 Å². The first kappa shape index (κ1) is 13.2. The second kappa shape index (κ2) is 5.01. The van der Waals surface area contributed by atoms with Crippen molar-refractivity contribution in [2.24, 2.45) is 5.73 Å². The van der Waals surface area contributed by atoms with Crippen LogP contribution in [-0.2, 0) is 9.53 Å². The highest BCUT2D eigenvalue weighted by Gasteiger charge is 2.42. The van der Waals surface area contributed by atoms with E-state index >= 15 is 0 Å². The zero-order valence-electron chi connectivity index (χ0n) is 8.96. The Kier molecular flexibility index (Phi) is 4.15. The van der Waals surface area contributed by atoms with Gasteiger partial charge in [0.2, 0.25) is 0 Å². The summed E-state index contributed by atoms with van der Waals surface area (Å²) < 4.78 is 41.5. The van der Waals surface area contributed by atoms with Gasteiger partial charge in [0, 0.05) is 19.7 Å². The number of amides is 1. The number of carbonyl (C=O) groups excluding carboxylic acids is 1. The summed E-state index contributed by atoms with van der Waals surface area (Å²) >= 11 is 0. The molecule has 94 valence electrons. The molecule has 0 saturated heterocycles. The number of nitrogens with zero attached hydrogens (tertiary/aromatic N) is 1. The van der Waals surface area contributed by atoms with Gasteiger partial charge < -0.3 is 15.4 Å². The topological polar surface area (TPSA) is 55.6 Å². The maximum Gasteiger partial charge on any atom is 0.406 e. The molecule has 1 unspecified atom stereocenters. The van der Waals surface area contributed by atoms with Gasteiger partial charge in [0.1, 0.15) is 12.6 Å². The highest BCUT2D eigenvalue weighted by atomic mass is 19.4. The highest BCUT2D eigenvalue weighted by Crippen LogP contribution is 2.30. The van der Waals surface area contributed by atoms with E-state index in [2.05, 4.69) is 0 Å². The molecule has 1 fully saturated rings. The lowest BCUT2D eigenvalue weighted by molar-refractivity contribution is -0.168. The van der Waals surface area contributed by atoms with E-state index in [1.54, 1.807) is 0 Å². The Morgan fingerprint density at radius 3 is 2.44 bits per heavy atom. The molecular formula is C9H15F3N2O2. The number of hydrogen-bond donors (Lipinski definition) is 1. The van der Waals surface area contributed by atoms with Crippen LogP contribution in [0.4, 0.5) is 13.2 Å². The molecule has 0 aromatic heterocycles. The lowest BCUT2D eigenvalue weighted by atomic mass is 10.3. The minimum absolute atomic E-state index is 0.115. The minimum Gasteiger partial charge on any atom is -0.370 e. The molecule has 0 aliphatic heterocycles. The zero-order chi connectivity index (χ0) is 12.3. The maximum atomic E-state index is 12.3. The van der Waals surface area contributed by atoms with Crippen LogP contribution in [0.1, 0.15) is 12.8 Å². The molecule has 0 bridgehead atoms. The van der Waals surface area contributed by atoms with Crippen LogP contribution in [0.3, 0.4) is 0 Å². The van der Waals surface area contributed by atoms with Crippen molar-refractivity contribution in [3.8, 4) is 0 Å². The summed E-state index contributed by atoms with van der Waals surface area (Å²) in [6.45, 7) is -1.34. The van der Waals surface area contributed by atoms with Crippen molar-refractivity contribution in [2.75, 3.05) is 20.2 Å². The Morgan fingerprint density at radius 1 is 1.56 bits per heavy atom. The molecule has 1 aliphatic rings. The van der Waals surface area contributed by atoms with Crippen molar-refractivity contribution in [1.29, 1.82) is 0 Å². The van der Waals surface area contributed by atoms with Crippen molar-refractivity contribution in [3.05, 3.63) is 0 Å². The van der Waals surface area contributed by atoms with Gasteiger partial charge in [0.05, 0.1) is 0 Å². The van der Waals surface area contributed by atoms with E-state index in [1.165, 1.54) is 7.11 Å². The van der Waals surface area contributed by atoms with Gasteiger partial charge in [0.25, 0.3) is 5.91 Å². The van der Waals surface area contributed by atoms with E-state index in [0.717, 1.165) is 4.90 Å². The third-order valence-corrected chi connectivity index (χ3v) is 2.39. The second-order valence-electron chi connectivity index (χ2n) is 3.77. The van der Waals surface area contributed by atoms with Gasteiger partial charge in [-0.25, -0.2) is 0 Å². The molecule has 16 heavy (non-hydrogen) atoms. The third-order valence-electron chi connectivity index (χ3n) is 2.39.